The van der Waals surface area contributed by atoms with Crippen LogP contribution in [-0.4, -0.2) is 25.0 Å². The van der Waals surface area contributed by atoms with E-state index in [1.165, 1.54) is 12.0 Å². The van der Waals surface area contributed by atoms with Gasteiger partial charge in [0.2, 0.25) is 0 Å². The highest BCUT2D eigenvalue weighted by Crippen LogP contribution is 2.26. The first-order chi connectivity index (χ1) is 9.15. The molecule has 0 fully saturated rings. The van der Waals surface area contributed by atoms with Crippen LogP contribution < -0.4 is 15.4 Å². The Morgan fingerprint density at radius 3 is 2.68 bits per heavy atom. The van der Waals surface area contributed by atoms with Gasteiger partial charge < -0.3 is 10.5 Å². The quantitative estimate of drug-likeness (QED) is 0.853. The number of benzene rings is 1. The molecule has 0 atom stereocenters. The standard InChI is InChI=1S/C14H15N3O2/c1-17(12-8-3-4-9-16-12)14(18)10-6-5-7-11(19-2)13(10)15/h3-9H,15H2,1-2H3. The molecule has 1 aromatic heterocycles. The van der Waals surface area contributed by atoms with Crippen LogP contribution in [0.4, 0.5) is 11.5 Å². The molecule has 0 aliphatic rings. The average molecular weight is 257 g/mol. The second kappa shape index (κ2) is 5.39. The molecule has 0 bridgehead atoms. The molecule has 0 saturated carbocycles. The number of pyridine rings is 1. The van der Waals surface area contributed by atoms with Crippen molar-refractivity contribution >= 4 is 17.4 Å². The van der Waals surface area contributed by atoms with Crippen molar-refractivity contribution in [1.82, 2.24) is 4.98 Å². The summed E-state index contributed by atoms with van der Waals surface area (Å²) in [5.41, 5.74) is 6.64. The fourth-order valence-electron chi connectivity index (χ4n) is 1.75. The Morgan fingerprint density at radius 1 is 1.26 bits per heavy atom. The van der Waals surface area contributed by atoms with Gasteiger partial charge in [0, 0.05) is 13.2 Å². The lowest BCUT2D eigenvalue weighted by Crippen LogP contribution is -2.27. The summed E-state index contributed by atoms with van der Waals surface area (Å²) in [6.45, 7) is 0. The molecule has 1 heterocycles. The predicted molar refractivity (Wildman–Crippen MR) is 74.4 cm³/mol. The molecule has 98 valence electrons. The summed E-state index contributed by atoms with van der Waals surface area (Å²) in [5, 5.41) is 0. The number of aromatic nitrogens is 1. The summed E-state index contributed by atoms with van der Waals surface area (Å²) in [7, 11) is 3.17. The van der Waals surface area contributed by atoms with Gasteiger partial charge in [0.1, 0.15) is 11.6 Å². The maximum absolute atomic E-state index is 12.4. The number of nitrogens with two attached hydrogens (primary N) is 1. The Hall–Kier alpha value is -2.56. The molecule has 0 radical (unpaired) electrons. The number of methoxy groups -OCH3 is 1. The normalized spacial score (nSPS) is 10.0. The summed E-state index contributed by atoms with van der Waals surface area (Å²) in [6, 6.07) is 10.5. The second-order valence-corrected chi connectivity index (χ2v) is 3.97. The van der Waals surface area contributed by atoms with Gasteiger partial charge in [-0.25, -0.2) is 4.98 Å². The molecule has 1 aromatic carbocycles. The Balaban J connectivity index is 2.35. The van der Waals surface area contributed by atoms with Crippen molar-refractivity contribution < 1.29 is 9.53 Å². The molecule has 0 aliphatic carbocycles. The number of ether oxygens (including phenoxy) is 1. The number of carbonyl (C=O) groups is 1. The van der Waals surface area contributed by atoms with E-state index in [0.717, 1.165) is 0 Å². The molecule has 0 spiro atoms. The third-order valence-electron chi connectivity index (χ3n) is 2.81. The van der Waals surface area contributed by atoms with Crippen LogP contribution in [0.5, 0.6) is 5.75 Å². The topological polar surface area (TPSA) is 68.5 Å². The largest absolute Gasteiger partial charge is 0.495 e. The molecular weight excluding hydrogens is 242 g/mol. The molecule has 2 rings (SSSR count). The van der Waals surface area contributed by atoms with Gasteiger partial charge in [0.15, 0.2) is 0 Å². The van der Waals surface area contributed by atoms with Crippen molar-refractivity contribution in [2.45, 2.75) is 0 Å². The molecule has 5 heteroatoms. The van der Waals surface area contributed by atoms with Crippen LogP contribution in [0.15, 0.2) is 42.6 Å². The first-order valence-corrected chi connectivity index (χ1v) is 5.76. The SMILES string of the molecule is COc1cccc(C(=O)N(C)c2ccccn2)c1N. The van der Waals surface area contributed by atoms with Gasteiger partial charge in [-0.05, 0) is 24.3 Å². The Labute approximate surface area is 111 Å². The van der Waals surface area contributed by atoms with Gasteiger partial charge in [-0.15, -0.1) is 0 Å². The van der Waals surface area contributed by atoms with Gasteiger partial charge in [-0.2, -0.15) is 0 Å². The van der Waals surface area contributed by atoms with Gasteiger partial charge in [-0.3, -0.25) is 9.69 Å². The van der Waals surface area contributed by atoms with E-state index >= 15 is 0 Å². The lowest BCUT2D eigenvalue weighted by Gasteiger charge is -2.17. The average Bonchev–Trinajstić information content (AvgIpc) is 2.47. The number of hydrogen-bond acceptors (Lipinski definition) is 4. The number of rotatable bonds is 3. The number of para-hydroxylation sites is 1. The minimum atomic E-state index is -0.227. The van der Waals surface area contributed by atoms with E-state index in [2.05, 4.69) is 4.98 Å². The molecule has 0 aliphatic heterocycles. The number of amides is 1. The molecule has 1 amide bonds. The van der Waals surface area contributed by atoms with Crippen LogP contribution in [0, 0.1) is 0 Å². The van der Waals surface area contributed by atoms with Crippen LogP contribution in [0.3, 0.4) is 0 Å². The Kier molecular flexibility index (Phi) is 3.66. The maximum atomic E-state index is 12.4. The lowest BCUT2D eigenvalue weighted by atomic mass is 10.1. The molecule has 5 nitrogen and oxygen atoms in total. The van der Waals surface area contributed by atoms with Crippen molar-refractivity contribution in [1.29, 1.82) is 0 Å². The zero-order chi connectivity index (χ0) is 13.8. The minimum Gasteiger partial charge on any atom is -0.495 e. The zero-order valence-corrected chi connectivity index (χ0v) is 10.8. The molecular formula is C14H15N3O2. The third-order valence-corrected chi connectivity index (χ3v) is 2.81. The zero-order valence-electron chi connectivity index (χ0n) is 10.8. The number of anilines is 2. The molecule has 0 unspecified atom stereocenters. The summed E-state index contributed by atoms with van der Waals surface area (Å²) in [5.74, 6) is 0.824. The fourth-order valence-corrected chi connectivity index (χ4v) is 1.75. The van der Waals surface area contributed by atoms with Gasteiger partial charge in [0.05, 0.1) is 18.4 Å². The third kappa shape index (κ3) is 2.49. The lowest BCUT2D eigenvalue weighted by molar-refractivity contribution is 0.0993. The molecule has 2 N–H and O–H groups in total. The van der Waals surface area contributed by atoms with E-state index in [-0.39, 0.29) is 5.91 Å². The van der Waals surface area contributed by atoms with Gasteiger partial charge in [0.25, 0.3) is 5.91 Å². The molecule has 19 heavy (non-hydrogen) atoms. The molecule has 0 saturated heterocycles. The van der Waals surface area contributed by atoms with Gasteiger partial charge in [-0.1, -0.05) is 12.1 Å². The van der Waals surface area contributed by atoms with Crippen molar-refractivity contribution in [3.05, 3.63) is 48.2 Å². The number of carbonyl (C=O) groups excluding carboxylic acids is 1. The second-order valence-electron chi connectivity index (χ2n) is 3.97. The van der Waals surface area contributed by atoms with E-state index in [1.54, 1.807) is 43.6 Å². The van der Waals surface area contributed by atoms with Crippen LogP contribution in [0.1, 0.15) is 10.4 Å². The summed E-state index contributed by atoms with van der Waals surface area (Å²) in [6.07, 6.45) is 1.63. The Morgan fingerprint density at radius 2 is 2.05 bits per heavy atom. The van der Waals surface area contributed by atoms with Gasteiger partial charge >= 0.3 is 0 Å². The molecule has 2 aromatic rings. The first-order valence-electron chi connectivity index (χ1n) is 5.76. The van der Waals surface area contributed by atoms with E-state index in [9.17, 15) is 4.79 Å². The van der Waals surface area contributed by atoms with Crippen LogP contribution in [-0.2, 0) is 0 Å². The highest BCUT2D eigenvalue weighted by atomic mass is 16.5. The summed E-state index contributed by atoms with van der Waals surface area (Å²) < 4.78 is 5.11. The maximum Gasteiger partial charge on any atom is 0.261 e. The minimum absolute atomic E-state index is 0.227. The van der Waals surface area contributed by atoms with Crippen LogP contribution in [0.25, 0.3) is 0 Å². The number of hydrogen-bond donors (Lipinski definition) is 1. The predicted octanol–water partition coefficient (Wildman–Crippen LogP) is 1.95. The van der Waals surface area contributed by atoms with Crippen molar-refractivity contribution in [2.24, 2.45) is 0 Å². The first kappa shape index (κ1) is 12.9. The summed E-state index contributed by atoms with van der Waals surface area (Å²) in [4.78, 5) is 18.0. The van der Waals surface area contributed by atoms with E-state index in [1.807, 2.05) is 6.07 Å². The Bertz CT molecular complexity index is 584. The highest BCUT2D eigenvalue weighted by molar-refractivity contribution is 6.09. The van der Waals surface area contributed by atoms with E-state index < -0.39 is 0 Å². The van der Waals surface area contributed by atoms with Crippen molar-refractivity contribution in [3.8, 4) is 5.75 Å². The van der Waals surface area contributed by atoms with Crippen LogP contribution in [0.2, 0.25) is 0 Å². The number of nitrogens with zero attached hydrogens (tertiary/aromatic N) is 2. The van der Waals surface area contributed by atoms with E-state index in [0.29, 0.717) is 22.8 Å². The van der Waals surface area contributed by atoms with Crippen LogP contribution >= 0.6 is 0 Å². The monoisotopic (exact) mass is 257 g/mol. The van der Waals surface area contributed by atoms with Crippen molar-refractivity contribution in [2.75, 3.05) is 24.8 Å². The highest BCUT2D eigenvalue weighted by Gasteiger charge is 2.18. The smallest absolute Gasteiger partial charge is 0.261 e. The number of nitrogen functional groups attached to an aromatic ring is 1. The van der Waals surface area contributed by atoms with E-state index in [4.69, 9.17) is 10.5 Å². The fraction of sp³-hybridized carbons (Fsp3) is 0.143. The summed E-state index contributed by atoms with van der Waals surface area (Å²) >= 11 is 0. The van der Waals surface area contributed by atoms with Crippen molar-refractivity contribution in [3.63, 3.8) is 0 Å².